The lowest BCUT2D eigenvalue weighted by atomic mass is 10.00. The van der Waals surface area contributed by atoms with E-state index in [2.05, 4.69) is 27.1 Å². The van der Waals surface area contributed by atoms with Crippen molar-refractivity contribution in [1.82, 2.24) is 24.2 Å². The van der Waals surface area contributed by atoms with E-state index in [1.165, 1.54) is 0 Å². The van der Waals surface area contributed by atoms with E-state index in [1.807, 2.05) is 31.1 Å². The number of hydrogen-bond acceptors (Lipinski definition) is 7. The van der Waals surface area contributed by atoms with Gasteiger partial charge in [0.25, 0.3) is 5.56 Å². The summed E-state index contributed by atoms with van der Waals surface area (Å²) in [7, 11) is 7.69. The second kappa shape index (κ2) is 10.3. The highest BCUT2D eigenvalue weighted by atomic mass is 19.2. The first-order valence-electron chi connectivity index (χ1n) is 14.6. The molecule has 9 nitrogen and oxygen atoms in total. The van der Waals surface area contributed by atoms with Gasteiger partial charge in [0.1, 0.15) is 5.65 Å². The van der Waals surface area contributed by atoms with Crippen LogP contribution in [0.3, 0.4) is 0 Å². The highest BCUT2D eigenvalue weighted by Gasteiger charge is 2.42. The van der Waals surface area contributed by atoms with Crippen molar-refractivity contribution in [2.24, 2.45) is 5.92 Å². The first-order chi connectivity index (χ1) is 20.7. The van der Waals surface area contributed by atoms with Crippen LogP contribution in [0.4, 0.5) is 20.2 Å². The predicted octanol–water partition coefficient (Wildman–Crippen LogP) is 4.01. The van der Waals surface area contributed by atoms with E-state index in [0.717, 1.165) is 60.0 Å². The van der Waals surface area contributed by atoms with Gasteiger partial charge in [-0.25, -0.2) is 13.8 Å². The summed E-state index contributed by atoms with van der Waals surface area (Å²) in [5.41, 5.74) is 5.28. The lowest BCUT2D eigenvalue weighted by Gasteiger charge is -2.29. The van der Waals surface area contributed by atoms with Crippen LogP contribution in [0, 0.1) is 17.6 Å². The smallest absolute Gasteiger partial charge is 0.260 e. The zero-order chi connectivity index (χ0) is 30.2. The fourth-order valence-electron chi connectivity index (χ4n) is 7.27. The highest BCUT2D eigenvalue weighted by molar-refractivity contribution is 6.18. The number of fused-ring (bicyclic) bond motifs is 5. The Morgan fingerprint density at radius 3 is 2.72 bits per heavy atom. The van der Waals surface area contributed by atoms with Crippen LogP contribution in [0.5, 0.6) is 0 Å². The third-order valence-electron chi connectivity index (χ3n) is 9.14. The van der Waals surface area contributed by atoms with E-state index in [-0.39, 0.29) is 23.6 Å². The number of rotatable bonds is 6. The van der Waals surface area contributed by atoms with Crippen molar-refractivity contribution < 1.29 is 13.9 Å². The normalized spacial score (nSPS) is 19.0. The van der Waals surface area contributed by atoms with Gasteiger partial charge in [-0.05, 0) is 51.2 Å². The molecular weight excluding hydrogens is 552 g/mol. The van der Waals surface area contributed by atoms with Crippen LogP contribution >= 0.6 is 0 Å². The molecule has 0 saturated carbocycles. The Bertz CT molecular complexity index is 1970. The molecule has 2 aliphatic rings. The molecule has 0 spiro atoms. The molecule has 224 valence electrons. The minimum absolute atomic E-state index is 0.160. The first kappa shape index (κ1) is 27.8. The van der Waals surface area contributed by atoms with Crippen molar-refractivity contribution in [1.29, 1.82) is 0 Å². The number of anilines is 2. The zero-order valence-electron chi connectivity index (χ0n) is 24.7. The molecule has 4 aromatic heterocycles. The number of benzene rings is 1. The second-order valence-electron chi connectivity index (χ2n) is 12.2. The number of aromatic nitrogens is 3. The molecule has 2 saturated heterocycles. The van der Waals surface area contributed by atoms with Gasteiger partial charge in [-0.15, -0.1) is 0 Å². The number of aliphatic hydroxyl groups is 1. The molecule has 2 atom stereocenters. The Balaban J connectivity index is 1.54. The number of aromatic amines is 1. The van der Waals surface area contributed by atoms with Crippen LogP contribution in [0.2, 0.25) is 0 Å². The van der Waals surface area contributed by atoms with Gasteiger partial charge < -0.3 is 30.1 Å². The maximum absolute atomic E-state index is 15.8. The van der Waals surface area contributed by atoms with Gasteiger partial charge in [0.15, 0.2) is 11.6 Å². The monoisotopic (exact) mass is 587 g/mol. The zero-order valence-corrected chi connectivity index (χ0v) is 24.7. The lowest BCUT2D eigenvalue weighted by molar-refractivity contribution is 0.279. The summed E-state index contributed by atoms with van der Waals surface area (Å²) in [5.74, 6) is -1.40. The van der Waals surface area contributed by atoms with Crippen LogP contribution in [0.25, 0.3) is 38.6 Å². The van der Waals surface area contributed by atoms with E-state index in [0.29, 0.717) is 40.3 Å². The molecule has 0 radical (unpaired) electrons. The second-order valence-corrected chi connectivity index (χ2v) is 12.2. The number of hydrogen-bond donors (Lipinski definition) is 3. The number of likely N-dealkylation sites (N-methyl/N-ethyl adjacent to an activating group) is 1. The molecule has 7 rings (SSSR count). The van der Waals surface area contributed by atoms with Crippen molar-refractivity contribution in [3.63, 3.8) is 0 Å². The number of nitrogens with one attached hydrogen (secondary N) is 2. The van der Waals surface area contributed by atoms with Crippen molar-refractivity contribution >= 4 is 38.8 Å². The van der Waals surface area contributed by atoms with E-state index in [9.17, 15) is 14.3 Å². The number of likely N-dealkylation sites (tertiary alicyclic amines) is 1. The number of H-pyrrole nitrogens is 1. The largest absolute Gasteiger partial charge is 0.391 e. The Labute approximate surface area is 247 Å². The molecule has 5 aromatic rings. The predicted molar refractivity (Wildman–Crippen MR) is 166 cm³/mol. The molecule has 11 heteroatoms. The third kappa shape index (κ3) is 4.29. The van der Waals surface area contributed by atoms with E-state index in [1.54, 1.807) is 29.9 Å². The number of nitrogens with zero attached hydrogens (tertiary/aromatic N) is 5. The Kier molecular flexibility index (Phi) is 6.64. The molecule has 43 heavy (non-hydrogen) atoms. The van der Waals surface area contributed by atoms with Crippen LogP contribution in [-0.4, -0.2) is 83.1 Å². The molecule has 1 unspecified atom stereocenters. The van der Waals surface area contributed by atoms with Crippen LogP contribution < -0.4 is 15.8 Å². The van der Waals surface area contributed by atoms with E-state index in [4.69, 9.17) is 4.98 Å². The van der Waals surface area contributed by atoms with Gasteiger partial charge in [0.2, 0.25) is 0 Å². The summed E-state index contributed by atoms with van der Waals surface area (Å²) in [6, 6.07) is 6.99. The minimum atomic E-state index is -0.934. The van der Waals surface area contributed by atoms with Crippen molar-refractivity contribution in [2.75, 3.05) is 58.0 Å². The maximum atomic E-state index is 15.8. The summed E-state index contributed by atoms with van der Waals surface area (Å²) in [4.78, 5) is 28.1. The third-order valence-corrected chi connectivity index (χ3v) is 9.14. The van der Waals surface area contributed by atoms with Gasteiger partial charge in [-0.1, -0.05) is 6.07 Å². The molecule has 2 fully saturated rings. The summed E-state index contributed by atoms with van der Waals surface area (Å²) < 4.78 is 32.3. The first-order valence-corrected chi connectivity index (χ1v) is 14.6. The average Bonchev–Trinajstić information content (AvgIpc) is 3.67. The van der Waals surface area contributed by atoms with Crippen LogP contribution in [0.15, 0.2) is 41.5 Å². The summed E-state index contributed by atoms with van der Waals surface area (Å²) in [5, 5.41) is 13.7. The number of pyridine rings is 3. The summed E-state index contributed by atoms with van der Waals surface area (Å²) in [6.45, 7) is 2.83. The molecule has 6 heterocycles. The van der Waals surface area contributed by atoms with Gasteiger partial charge >= 0.3 is 0 Å². The number of halogens is 2. The summed E-state index contributed by atoms with van der Waals surface area (Å²) in [6.07, 6.45) is 4.53. The fraction of sp³-hybridized carbons (Fsp3) is 0.375. The van der Waals surface area contributed by atoms with Gasteiger partial charge in [-0.2, -0.15) is 0 Å². The van der Waals surface area contributed by atoms with Gasteiger partial charge in [-0.3, -0.25) is 9.20 Å². The summed E-state index contributed by atoms with van der Waals surface area (Å²) >= 11 is 0. The molecule has 3 N–H and O–H groups in total. The molecule has 0 amide bonds. The lowest BCUT2D eigenvalue weighted by Crippen LogP contribution is -2.35. The van der Waals surface area contributed by atoms with Crippen LogP contribution in [-0.2, 0) is 13.2 Å². The molecule has 0 aliphatic carbocycles. The standard InChI is InChI=1S/C32H35F2N7O2/c1-35-23-10-22(33)28(34)26-27-30(40-8-7-18-13-39(4)15-25(18)40)21(11-36-31(27)37-29(23)26)17-5-6-24-19(12-38(2)3)9-20(16-42)32(43)41(24)14-17/h5-6,9-11,14,18,25,35,42H,7-8,12-13,15-16H2,1-4H3,(H,36,37)/t18-,25?/m0/s1. The average molecular weight is 588 g/mol. The molecule has 0 bridgehead atoms. The Morgan fingerprint density at radius 1 is 1.16 bits per heavy atom. The fourth-order valence-corrected chi connectivity index (χ4v) is 7.27. The Hall–Kier alpha value is -4.06. The van der Waals surface area contributed by atoms with E-state index < -0.39 is 11.6 Å². The maximum Gasteiger partial charge on any atom is 0.260 e. The van der Waals surface area contributed by atoms with Crippen molar-refractivity contribution in [3.05, 3.63) is 69.8 Å². The SMILES string of the molecule is CNc1cc(F)c(F)c2c1[nH]c1ncc(-c3ccc4c(CN(C)C)cc(CO)c(=O)n4c3)c(N3CC[C@H]4CN(C)CC43)c12. The molecule has 2 aliphatic heterocycles. The highest BCUT2D eigenvalue weighted by Crippen LogP contribution is 2.46. The van der Waals surface area contributed by atoms with Crippen molar-refractivity contribution in [3.8, 4) is 11.1 Å². The van der Waals surface area contributed by atoms with Gasteiger partial charge in [0, 0.05) is 74.4 Å². The Morgan fingerprint density at radius 2 is 1.98 bits per heavy atom. The van der Waals surface area contributed by atoms with Crippen molar-refractivity contribution in [2.45, 2.75) is 25.6 Å². The molecular formula is C32H35F2N7O2. The molecule has 1 aromatic carbocycles. The van der Waals surface area contributed by atoms with Crippen LogP contribution in [0.1, 0.15) is 17.5 Å². The minimum Gasteiger partial charge on any atom is -0.391 e. The van der Waals surface area contributed by atoms with Gasteiger partial charge in [0.05, 0.1) is 39.8 Å². The number of aliphatic hydroxyl groups excluding tert-OH is 1. The topological polar surface area (TPSA) is 92.1 Å². The van der Waals surface area contributed by atoms with E-state index >= 15 is 4.39 Å². The quantitative estimate of drug-likeness (QED) is 0.277.